The zero-order chi connectivity index (χ0) is 16.2. The van der Waals surface area contributed by atoms with Gasteiger partial charge in [-0.25, -0.2) is 9.59 Å². The molecule has 0 aromatic rings. The van der Waals surface area contributed by atoms with Crippen molar-refractivity contribution in [2.45, 2.75) is 36.9 Å². The Morgan fingerprint density at radius 1 is 1.43 bits per heavy atom. The van der Waals surface area contributed by atoms with Crippen molar-refractivity contribution in [3.63, 3.8) is 0 Å². The van der Waals surface area contributed by atoms with Gasteiger partial charge in [-0.2, -0.15) is 5.26 Å². The number of amides is 1. The highest BCUT2D eigenvalue weighted by atomic mass is 16.5. The van der Waals surface area contributed by atoms with E-state index in [-0.39, 0.29) is 0 Å². The SMILES string of the molecule is N#CCC(O)C(O)C1OC(C(=O)O)=CC(O)C1NC(=O)O. The third-order valence-electron chi connectivity index (χ3n) is 2.84. The minimum atomic E-state index is -1.78. The number of ether oxygens (including phenoxy) is 1. The summed E-state index contributed by atoms with van der Waals surface area (Å²) < 4.78 is 4.92. The number of nitrogens with zero attached hydrogens (tertiary/aromatic N) is 1. The average molecular weight is 302 g/mol. The predicted molar refractivity (Wildman–Crippen MR) is 63.8 cm³/mol. The van der Waals surface area contributed by atoms with E-state index in [9.17, 15) is 24.9 Å². The van der Waals surface area contributed by atoms with Crippen molar-refractivity contribution in [2.75, 3.05) is 0 Å². The molecular weight excluding hydrogens is 288 g/mol. The lowest BCUT2D eigenvalue weighted by atomic mass is 9.93. The summed E-state index contributed by atoms with van der Waals surface area (Å²) in [5, 5.41) is 57.1. The summed E-state index contributed by atoms with van der Waals surface area (Å²) in [6, 6.07) is 0.184. The zero-order valence-electron chi connectivity index (χ0n) is 10.6. The lowest BCUT2D eigenvalue weighted by Gasteiger charge is -2.37. The van der Waals surface area contributed by atoms with Crippen LogP contribution in [0.25, 0.3) is 0 Å². The van der Waals surface area contributed by atoms with Gasteiger partial charge in [0, 0.05) is 0 Å². The molecule has 1 aliphatic heterocycles. The van der Waals surface area contributed by atoms with Crippen LogP contribution in [0.1, 0.15) is 6.42 Å². The molecule has 1 aliphatic rings. The number of aliphatic hydroxyl groups is 3. The molecule has 10 nitrogen and oxygen atoms in total. The Bertz CT molecular complexity index is 485. The van der Waals surface area contributed by atoms with Crippen molar-refractivity contribution in [3.05, 3.63) is 11.8 Å². The highest BCUT2D eigenvalue weighted by Crippen LogP contribution is 2.23. The van der Waals surface area contributed by atoms with Crippen LogP contribution in [0.2, 0.25) is 0 Å². The second kappa shape index (κ2) is 6.89. The highest BCUT2D eigenvalue weighted by molar-refractivity contribution is 5.84. The molecule has 0 aromatic heterocycles. The van der Waals surface area contributed by atoms with Crippen LogP contribution in [0.3, 0.4) is 0 Å². The second-order valence-electron chi connectivity index (χ2n) is 4.30. The van der Waals surface area contributed by atoms with E-state index in [1.165, 1.54) is 0 Å². The number of aliphatic hydroxyl groups excluding tert-OH is 3. The first-order chi connectivity index (χ1) is 9.77. The first kappa shape index (κ1) is 16.7. The predicted octanol–water partition coefficient (Wildman–Crippen LogP) is -2.01. The molecule has 21 heavy (non-hydrogen) atoms. The molecule has 5 unspecified atom stereocenters. The van der Waals surface area contributed by atoms with E-state index in [0.29, 0.717) is 0 Å². The molecule has 6 N–H and O–H groups in total. The molecule has 0 fully saturated rings. The van der Waals surface area contributed by atoms with Crippen molar-refractivity contribution in [1.82, 2.24) is 5.32 Å². The summed E-state index contributed by atoms with van der Waals surface area (Å²) in [7, 11) is 0. The van der Waals surface area contributed by atoms with Gasteiger partial charge in [0.15, 0.2) is 6.10 Å². The third-order valence-corrected chi connectivity index (χ3v) is 2.84. The molecule has 0 spiro atoms. The molecule has 0 aromatic carbocycles. The van der Waals surface area contributed by atoms with Gasteiger partial charge in [0.25, 0.3) is 0 Å². The van der Waals surface area contributed by atoms with E-state index in [1.54, 1.807) is 6.07 Å². The standard InChI is InChI=1S/C11H14N2O8/c12-2-1-4(14)8(16)9-7(13-11(19)20)5(15)3-6(21-9)10(17)18/h3-5,7-9,13-16H,1H2,(H,17,18)(H,19,20). The van der Waals surface area contributed by atoms with Crippen LogP contribution in [-0.4, -0.2) is 68.1 Å². The Kier molecular flexibility index (Phi) is 5.48. The lowest BCUT2D eigenvalue weighted by molar-refractivity contribution is -0.146. The number of hydrogen-bond donors (Lipinski definition) is 6. The fourth-order valence-electron chi connectivity index (χ4n) is 1.86. The normalized spacial score (nSPS) is 27.5. The fourth-order valence-corrected chi connectivity index (χ4v) is 1.86. The maximum absolute atomic E-state index is 10.9. The Morgan fingerprint density at radius 3 is 2.52 bits per heavy atom. The highest BCUT2D eigenvalue weighted by Gasteiger charge is 2.43. The molecular formula is C11H14N2O8. The van der Waals surface area contributed by atoms with Crippen LogP contribution < -0.4 is 5.32 Å². The zero-order valence-corrected chi connectivity index (χ0v) is 10.6. The van der Waals surface area contributed by atoms with Gasteiger partial charge in [-0.3, -0.25) is 0 Å². The quantitative estimate of drug-likeness (QED) is 0.334. The van der Waals surface area contributed by atoms with Crippen molar-refractivity contribution in [3.8, 4) is 6.07 Å². The number of aliphatic carboxylic acids is 1. The van der Waals surface area contributed by atoms with Crippen molar-refractivity contribution < 1.29 is 39.9 Å². The third kappa shape index (κ3) is 4.06. The summed E-state index contributed by atoms with van der Waals surface area (Å²) >= 11 is 0. The molecule has 0 bridgehead atoms. The number of carboxylic acid groups (broad SMARTS) is 2. The minimum Gasteiger partial charge on any atom is -0.478 e. The summed E-state index contributed by atoms with van der Waals surface area (Å²) in [5.74, 6) is -2.23. The molecule has 1 rings (SSSR count). The van der Waals surface area contributed by atoms with E-state index < -0.39 is 54.7 Å². The van der Waals surface area contributed by atoms with Crippen LogP contribution in [0.4, 0.5) is 4.79 Å². The minimum absolute atomic E-state index is 0.483. The van der Waals surface area contributed by atoms with Gasteiger partial charge in [-0.15, -0.1) is 0 Å². The van der Waals surface area contributed by atoms with Crippen LogP contribution in [0.15, 0.2) is 11.8 Å². The molecule has 116 valence electrons. The van der Waals surface area contributed by atoms with Gasteiger partial charge in [0.1, 0.15) is 18.2 Å². The number of hydrogen-bond acceptors (Lipinski definition) is 7. The summed E-state index contributed by atoms with van der Waals surface area (Å²) in [4.78, 5) is 21.5. The average Bonchev–Trinajstić information content (AvgIpc) is 2.39. The van der Waals surface area contributed by atoms with Gasteiger partial charge < -0.3 is 35.6 Å². The molecule has 0 radical (unpaired) electrons. The number of carboxylic acids is 1. The van der Waals surface area contributed by atoms with Crippen LogP contribution in [0.5, 0.6) is 0 Å². The summed E-state index contributed by atoms with van der Waals surface area (Å²) in [6.45, 7) is 0. The Labute approximate surface area is 118 Å². The number of rotatable bonds is 5. The Balaban J connectivity index is 3.04. The molecule has 0 aliphatic carbocycles. The maximum atomic E-state index is 10.9. The van der Waals surface area contributed by atoms with E-state index in [4.69, 9.17) is 20.2 Å². The maximum Gasteiger partial charge on any atom is 0.405 e. The van der Waals surface area contributed by atoms with E-state index in [0.717, 1.165) is 6.08 Å². The number of carbonyl (C=O) groups is 2. The second-order valence-corrected chi connectivity index (χ2v) is 4.30. The molecule has 10 heteroatoms. The molecule has 5 atom stereocenters. The monoisotopic (exact) mass is 302 g/mol. The van der Waals surface area contributed by atoms with Crippen LogP contribution in [0, 0.1) is 11.3 Å². The number of nitrogens with one attached hydrogen (secondary N) is 1. The lowest BCUT2D eigenvalue weighted by Crippen LogP contribution is -2.59. The van der Waals surface area contributed by atoms with Crippen molar-refractivity contribution >= 4 is 12.1 Å². The van der Waals surface area contributed by atoms with Gasteiger partial charge in [0.2, 0.25) is 5.76 Å². The topological polar surface area (TPSA) is 180 Å². The van der Waals surface area contributed by atoms with Crippen LogP contribution >= 0.6 is 0 Å². The van der Waals surface area contributed by atoms with Gasteiger partial charge in [-0.05, 0) is 6.08 Å². The van der Waals surface area contributed by atoms with E-state index in [2.05, 4.69) is 0 Å². The van der Waals surface area contributed by atoms with Gasteiger partial charge in [0.05, 0.1) is 18.6 Å². The summed E-state index contributed by atoms with van der Waals surface area (Å²) in [6.07, 6.45) is -7.80. The fraction of sp³-hybridized carbons (Fsp3) is 0.545. The van der Waals surface area contributed by atoms with E-state index >= 15 is 0 Å². The smallest absolute Gasteiger partial charge is 0.405 e. The van der Waals surface area contributed by atoms with Crippen LogP contribution in [-0.2, 0) is 9.53 Å². The largest absolute Gasteiger partial charge is 0.478 e. The molecule has 1 heterocycles. The van der Waals surface area contributed by atoms with Crippen molar-refractivity contribution in [2.24, 2.45) is 0 Å². The Hall–Kier alpha value is -2.35. The van der Waals surface area contributed by atoms with Gasteiger partial charge >= 0.3 is 12.1 Å². The molecule has 1 amide bonds. The first-order valence-corrected chi connectivity index (χ1v) is 5.80. The molecule has 0 saturated heterocycles. The van der Waals surface area contributed by atoms with Crippen molar-refractivity contribution in [1.29, 1.82) is 5.26 Å². The van der Waals surface area contributed by atoms with Gasteiger partial charge in [-0.1, -0.05) is 0 Å². The van der Waals surface area contributed by atoms with E-state index in [1.807, 2.05) is 5.32 Å². The first-order valence-electron chi connectivity index (χ1n) is 5.80. The summed E-state index contributed by atoms with van der Waals surface area (Å²) in [5.41, 5.74) is 0. The number of nitriles is 1. The molecule has 0 saturated carbocycles. The Morgan fingerprint density at radius 2 is 2.05 bits per heavy atom.